The van der Waals surface area contributed by atoms with E-state index in [0.29, 0.717) is 0 Å². The smallest absolute Gasteiger partial charge is 0.325 e. The van der Waals surface area contributed by atoms with Crippen LogP contribution < -0.4 is 5.32 Å². The molecule has 4 heteroatoms. The molecule has 0 saturated carbocycles. The van der Waals surface area contributed by atoms with Crippen LogP contribution in [0.2, 0.25) is 0 Å². The normalized spacial score (nSPS) is 14.7. The summed E-state index contributed by atoms with van der Waals surface area (Å²) in [6, 6.07) is 0. The summed E-state index contributed by atoms with van der Waals surface area (Å²) in [5.41, 5.74) is -0.526. The molecule has 1 atom stereocenters. The van der Waals surface area contributed by atoms with E-state index in [1.807, 2.05) is 25.6 Å². The van der Waals surface area contributed by atoms with Gasteiger partial charge in [-0.25, -0.2) is 0 Å². The van der Waals surface area contributed by atoms with Crippen molar-refractivity contribution in [2.24, 2.45) is 5.92 Å². The van der Waals surface area contributed by atoms with Crippen molar-refractivity contribution in [2.45, 2.75) is 46.1 Å². The molecule has 0 aromatic carbocycles. The Morgan fingerprint density at radius 2 is 2.12 bits per heavy atom. The summed E-state index contributed by atoms with van der Waals surface area (Å²) in [6.07, 6.45) is 1.87. The number of rotatable bonds is 9. The molecule has 0 bridgehead atoms. The van der Waals surface area contributed by atoms with Crippen molar-refractivity contribution in [3.63, 3.8) is 0 Å². The lowest BCUT2D eigenvalue weighted by atomic mass is 9.96. The number of carbonyl (C=O) groups is 1. The van der Waals surface area contributed by atoms with Gasteiger partial charge < -0.3 is 10.1 Å². The lowest BCUT2D eigenvalue weighted by molar-refractivity contribution is -0.148. The van der Waals surface area contributed by atoms with Crippen molar-refractivity contribution in [2.75, 3.05) is 25.2 Å². The summed E-state index contributed by atoms with van der Waals surface area (Å²) in [5.74, 6) is 2.88. The van der Waals surface area contributed by atoms with Gasteiger partial charge in [0.15, 0.2) is 0 Å². The van der Waals surface area contributed by atoms with E-state index in [2.05, 4.69) is 19.2 Å². The first-order valence-electron chi connectivity index (χ1n) is 6.37. The standard InChI is InChI=1S/C13H27NO2S/c1-6-14-13(4,12(15)16-5)8-7-9-17-10-11(2)3/h11,14H,6-10H2,1-5H3. The highest BCUT2D eigenvalue weighted by Crippen LogP contribution is 2.17. The van der Waals surface area contributed by atoms with Crippen LogP contribution in [0.4, 0.5) is 0 Å². The first-order valence-corrected chi connectivity index (χ1v) is 7.53. The topological polar surface area (TPSA) is 38.3 Å². The molecule has 0 aromatic rings. The second-order valence-corrected chi connectivity index (χ2v) is 6.08. The lowest BCUT2D eigenvalue weighted by Gasteiger charge is -2.27. The average Bonchev–Trinajstić information content (AvgIpc) is 2.27. The van der Waals surface area contributed by atoms with Crippen LogP contribution >= 0.6 is 11.8 Å². The predicted octanol–water partition coefficient (Wildman–Crippen LogP) is 2.70. The number of carbonyl (C=O) groups excluding carboxylic acids is 1. The van der Waals surface area contributed by atoms with Gasteiger partial charge >= 0.3 is 5.97 Å². The van der Waals surface area contributed by atoms with Crippen LogP contribution in [0.25, 0.3) is 0 Å². The van der Waals surface area contributed by atoms with Gasteiger partial charge in [0.1, 0.15) is 5.54 Å². The van der Waals surface area contributed by atoms with Crippen molar-refractivity contribution in [3.8, 4) is 0 Å². The Balaban J connectivity index is 3.97. The maximum Gasteiger partial charge on any atom is 0.325 e. The number of esters is 1. The summed E-state index contributed by atoms with van der Waals surface area (Å²) < 4.78 is 4.85. The number of likely N-dealkylation sites (N-methyl/N-ethyl adjacent to an activating group) is 1. The summed E-state index contributed by atoms with van der Waals surface area (Å²) in [4.78, 5) is 11.7. The minimum atomic E-state index is -0.526. The summed E-state index contributed by atoms with van der Waals surface area (Å²) in [5, 5.41) is 3.23. The maximum atomic E-state index is 11.7. The van der Waals surface area contributed by atoms with Gasteiger partial charge in [-0.3, -0.25) is 4.79 Å². The second kappa shape index (κ2) is 8.81. The van der Waals surface area contributed by atoms with Crippen molar-refractivity contribution in [1.82, 2.24) is 5.32 Å². The van der Waals surface area contributed by atoms with Gasteiger partial charge in [-0.15, -0.1) is 0 Å². The number of nitrogens with one attached hydrogen (secondary N) is 1. The number of thioether (sulfide) groups is 1. The Kier molecular flexibility index (Phi) is 8.70. The molecule has 0 rings (SSSR count). The molecule has 1 N–H and O–H groups in total. The molecule has 0 aromatic heterocycles. The van der Waals surface area contributed by atoms with E-state index >= 15 is 0 Å². The number of ether oxygens (including phenoxy) is 1. The van der Waals surface area contributed by atoms with Gasteiger partial charge in [-0.2, -0.15) is 11.8 Å². The Bertz CT molecular complexity index is 221. The quantitative estimate of drug-likeness (QED) is 0.511. The number of methoxy groups -OCH3 is 1. The maximum absolute atomic E-state index is 11.7. The van der Waals surface area contributed by atoms with E-state index in [9.17, 15) is 4.79 Å². The van der Waals surface area contributed by atoms with Gasteiger partial charge in [0.2, 0.25) is 0 Å². The Morgan fingerprint density at radius 3 is 2.59 bits per heavy atom. The molecule has 0 heterocycles. The van der Waals surface area contributed by atoms with E-state index in [1.54, 1.807) is 0 Å². The van der Waals surface area contributed by atoms with Crippen molar-refractivity contribution in [1.29, 1.82) is 0 Å². The highest BCUT2D eigenvalue weighted by molar-refractivity contribution is 7.99. The SMILES string of the molecule is CCNC(C)(CCCSCC(C)C)C(=O)OC. The second-order valence-electron chi connectivity index (χ2n) is 4.93. The zero-order chi connectivity index (χ0) is 13.3. The molecule has 0 saturated heterocycles. The molecule has 1 unspecified atom stereocenters. The van der Waals surface area contributed by atoms with Crippen LogP contribution in [0.3, 0.4) is 0 Å². The van der Waals surface area contributed by atoms with Crippen LogP contribution in [0.15, 0.2) is 0 Å². The monoisotopic (exact) mass is 261 g/mol. The molecule has 17 heavy (non-hydrogen) atoms. The molecule has 0 fully saturated rings. The number of hydrogen-bond acceptors (Lipinski definition) is 4. The van der Waals surface area contributed by atoms with Crippen molar-refractivity contribution < 1.29 is 9.53 Å². The Labute approximate surface area is 110 Å². The van der Waals surface area contributed by atoms with Gasteiger partial charge in [-0.1, -0.05) is 20.8 Å². The third kappa shape index (κ3) is 6.94. The Morgan fingerprint density at radius 1 is 1.47 bits per heavy atom. The van der Waals surface area contributed by atoms with Crippen molar-refractivity contribution >= 4 is 17.7 Å². The van der Waals surface area contributed by atoms with E-state index < -0.39 is 5.54 Å². The lowest BCUT2D eigenvalue weighted by Crippen LogP contribution is -2.50. The van der Waals surface area contributed by atoms with E-state index in [1.165, 1.54) is 12.9 Å². The van der Waals surface area contributed by atoms with Crippen LogP contribution in [0, 0.1) is 5.92 Å². The minimum Gasteiger partial charge on any atom is -0.468 e. The molecule has 0 aliphatic rings. The zero-order valence-electron chi connectivity index (χ0n) is 11.8. The van der Waals surface area contributed by atoms with Crippen LogP contribution in [0.5, 0.6) is 0 Å². The molecule has 102 valence electrons. The van der Waals surface area contributed by atoms with E-state index in [-0.39, 0.29) is 5.97 Å². The van der Waals surface area contributed by atoms with Gasteiger partial charge in [0.05, 0.1) is 7.11 Å². The minimum absolute atomic E-state index is 0.159. The first kappa shape index (κ1) is 16.8. The average molecular weight is 261 g/mol. The summed E-state index contributed by atoms with van der Waals surface area (Å²) in [7, 11) is 1.45. The van der Waals surface area contributed by atoms with Gasteiger partial charge in [0, 0.05) is 0 Å². The third-order valence-corrected chi connectivity index (χ3v) is 4.10. The van der Waals surface area contributed by atoms with Crippen molar-refractivity contribution in [3.05, 3.63) is 0 Å². The third-order valence-electron chi connectivity index (χ3n) is 2.62. The summed E-state index contributed by atoms with van der Waals surface area (Å²) in [6.45, 7) is 9.17. The summed E-state index contributed by atoms with van der Waals surface area (Å²) >= 11 is 1.96. The molecule has 0 aliphatic carbocycles. The molecule has 0 radical (unpaired) electrons. The fourth-order valence-corrected chi connectivity index (χ4v) is 2.71. The molecular weight excluding hydrogens is 234 g/mol. The molecule has 0 amide bonds. The highest BCUT2D eigenvalue weighted by Gasteiger charge is 2.32. The molecular formula is C13H27NO2S. The zero-order valence-corrected chi connectivity index (χ0v) is 12.7. The van der Waals surface area contributed by atoms with Gasteiger partial charge in [0.25, 0.3) is 0 Å². The molecule has 0 spiro atoms. The first-order chi connectivity index (χ1) is 7.96. The van der Waals surface area contributed by atoms with Crippen LogP contribution in [0.1, 0.15) is 40.5 Å². The van der Waals surface area contributed by atoms with E-state index in [4.69, 9.17) is 4.74 Å². The van der Waals surface area contributed by atoms with Gasteiger partial charge in [-0.05, 0) is 43.7 Å². The predicted molar refractivity (Wildman–Crippen MR) is 75.5 cm³/mol. The van der Waals surface area contributed by atoms with E-state index in [0.717, 1.165) is 31.1 Å². The number of hydrogen-bond donors (Lipinski definition) is 1. The fraction of sp³-hybridized carbons (Fsp3) is 0.923. The van der Waals surface area contributed by atoms with Crippen LogP contribution in [-0.4, -0.2) is 36.7 Å². The molecule has 0 aliphatic heterocycles. The largest absolute Gasteiger partial charge is 0.468 e. The fourth-order valence-electron chi connectivity index (χ4n) is 1.72. The highest BCUT2D eigenvalue weighted by atomic mass is 32.2. The molecule has 3 nitrogen and oxygen atoms in total. The van der Waals surface area contributed by atoms with Crippen LogP contribution in [-0.2, 0) is 9.53 Å². The Hall–Kier alpha value is -0.220.